The molecule has 0 amide bonds. The van der Waals surface area contributed by atoms with Crippen LogP contribution < -0.4 is 4.74 Å². The van der Waals surface area contributed by atoms with E-state index in [2.05, 4.69) is 4.98 Å². The van der Waals surface area contributed by atoms with Gasteiger partial charge in [0.1, 0.15) is 6.10 Å². The lowest BCUT2D eigenvalue weighted by Gasteiger charge is -2.14. The fourth-order valence-electron chi connectivity index (χ4n) is 1.17. The highest BCUT2D eigenvalue weighted by Crippen LogP contribution is 2.18. The number of nitrogens with zero attached hydrogens (tertiary/aromatic N) is 1. The summed E-state index contributed by atoms with van der Waals surface area (Å²) in [6, 6.07) is 1.41. The lowest BCUT2D eigenvalue weighted by molar-refractivity contribution is 0.0608. The lowest BCUT2D eigenvalue weighted by atomic mass is 10.2. The molecule has 0 fully saturated rings. The second kappa shape index (κ2) is 6.40. The number of aliphatic hydroxyl groups excluding tert-OH is 1. The van der Waals surface area contributed by atoms with Crippen LogP contribution in [0.4, 0.5) is 4.39 Å². The van der Waals surface area contributed by atoms with E-state index in [4.69, 9.17) is 14.6 Å². The molecule has 0 aromatic carbocycles. The van der Waals surface area contributed by atoms with Gasteiger partial charge in [-0.15, -0.1) is 0 Å². The Kier molecular flexibility index (Phi) is 5.14. The topological polar surface area (TPSA) is 51.6 Å². The van der Waals surface area contributed by atoms with Crippen molar-refractivity contribution in [3.63, 3.8) is 0 Å². The van der Waals surface area contributed by atoms with Crippen molar-refractivity contribution in [1.82, 2.24) is 4.98 Å². The highest BCUT2D eigenvalue weighted by Gasteiger charge is 2.13. The van der Waals surface area contributed by atoms with E-state index < -0.39 is 5.82 Å². The Labute approximate surface area is 94.0 Å². The molecule has 0 radical (unpaired) electrons. The fourth-order valence-corrected chi connectivity index (χ4v) is 1.17. The van der Waals surface area contributed by atoms with Gasteiger partial charge in [0, 0.05) is 18.4 Å². The van der Waals surface area contributed by atoms with Crippen molar-refractivity contribution in [3.05, 3.63) is 23.6 Å². The maximum Gasteiger partial charge on any atom is 0.251 e. The molecule has 1 atom stereocenters. The van der Waals surface area contributed by atoms with Crippen LogP contribution in [0.25, 0.3) is 0 Å². The highest BCUT2D eigenvalue weighted by atomic mass is 19.1. The molecule has 0 bridgehead atoms. The molecule has 90 valence electrons. The SMILES string of the molecule is CCOCC(C)Oc1nccc(CO)c1F. The van der Waals surface area contributed by atoms with E-state index in [1.54, 1.807) is 6.92 Å². The molecule has 0 saturated heterocycles. The summed E-state index contributed by atoms with van der Waals surface area (Å²) in [5, 5.41) is 8.87. The van der Waals surface area contributed by atoms with Gasteiger partial charge in [-0.3, -0.25) is 0 Å². The average molecular weight is 229 g/mol. The Morgan fingerprint density at radius 1 is 1.56 bits per heavy atom. The van der Waals surface area contributed by atoms with Gasteiger partial charge in [0.05, 0.1) is 13.2 Å². The molecule has 0 saturated carbocycles. The first-order valence-corrected chi connectivity index (χ1v) is 5.17. The van der Waals surface area contributed by atoms with Gasteiger partial charge < -0.3 is 14.6 Å². The minimum Gasteiger partial charge on any atom is -0.470 e. The maximum absolute atomic E-state index is 13.6. The molecular weight excluding hydrogens is 213 g/mol. The van der Waals surface area contributed by atoms with Crippen LogP contribution in [0, 0.1) is 5.82 Å². The minimum atomic E-state index is -0.617. The molecule has 1 N–H and O–H groups in total. The standard InChI is InChI=1S/C11H16FNO3/c1-3-15-7-8(2)16-11-10(12)9(6-14)4-5-13-11/h4-5,8,14H,3,6-7H2,1-2H3. The maximum atomic E-state index is 13.6. The summed E-state index contributed by atoms with van der Waals surface area (Å²) in [6.07, 6.45) is 1.12. The minimum absolute atomic E-state index is 0.0984. The Balaban J connectivity index is 2.66. The van der Waals surface area contributed by atoms with Crippen molar-refractivity contribution in [2.24, 2.45) is 0 Å². The summed E-state index contributed by atoms with van der Waals surface area (Å²) in [5.41, 5.74) is 0.175. The summed E-state index contributed by atoms with van der Waals surface area (Å²) in [5.74, 6) is -0.716. The number of rotatable bonds is 6. The first kappa shape index (κ1) is 12.9. The van der Waals surface area contributed by atoms with Crippen molar-refractivity contribution >= 4 is 0 Å². The number of hydrogen-bond acceptors (Lipinski definition) is 4. The Hall–Kier alpha value is -1.20. The first-order chi connectivity index (χ1) is 7.69. The van der Waals surface area contributed by atoms with Crippen LogP contribution in [-0.2, 0) is 11.3 Å². The van der Waals surface area contributed by atoms with E-state index in [0.29, 0.717) is 13.2 Å². The average Bonchev–Trinajstić information content (AvgIpc) is 2.29. The molecule has 16 heavy (non-hydrogen) atoms. The zero-order valence-electron chi connectivity index (χ0n) is 9.44. The number of pyridine rings is 1. The van der Waals surface area contributed by atoms with E-state index >= 15 is 0 Å². The number of halogens is 1. The van der Waals surface area contributed by atoms with E-state index in [0.717, 1.165) is 0 Å². The lowest BCUT2D eigenvalue weighted by Crippen LogP contribution is -2.20. The number of aliphatic hydroxyl groups is 1. The van der Waals surface area contributed by atoms with Crippen LogP contribution in [0.15, 0.2) is 12.3 Å². The molecule has 1 unspecified atom stereocenters. The van der Waals surface area contributed by atoms with E-state index in [9.17, 15) is 4.39 Å². The van der Waals surface area contributed by atoms with Crippen LogP contribution >= 0.6 is 0 Å². The van der Waals surface area contributed by atoms with Crippen molar-refractivity contribution in [3.8, 4) is 5.88 Å². The van der Waals surface area contributed by atoms with Crippen LogP contribution in [0.1, 0.15) is 19.4 Å². The number of aromatic nitrogens is 1. The number of hydrogen-bond donors (Lipinski definition) is 1. The third-order valence-corrected chi connectivity index (χ3v) is 1.98. The van der Waals surface area contributed by atoms with Crippen LogP contribution in [-0.4, -0.2) is 29.4 Å². The van der Waals surface area contributed by atoms with Crippen LogP contribution in [0.3, 0.4) is 0 Å². The molecule has 1 aromatic heterocycles. The van der Waals surface area contributed by atoms with Gasteiger partial charge >= 0.3 is 0 Å². The zero-order chi connectivity index (χ0) is 12.0. The molecule has 0 aliphatic rings. The Morgan fingerprint density at radius 3 is 2.94 bits per heavy atom. The van der Waals surface area contributed by atoms with Gasteiger partial charge in [0.2, 0.25) is 0 Å². The second-order valence-corrected chi connectivity index (χ2v) is 3.34. The Morgan fingerprint density at radius 2 is 2.31 bits per heavy atom. The third kappa shape index (κ3) is 3.43. The largest absolute Gasteiger partial charge is 0.470 e. The second-order valence-electron chi connectivity index (χ2n) is 3.34. The highest BCUT2D eigenvalue weighted by molar-refractivity contribution is 5.22. The van der Waals surface area contributed by atoms with Crippen molar-refractivity contribution in [2.75, 3.05) is 13.2 Å². The molecule has 0 spiro atoms. The zero-order valence-corrected chi connectivity index (χ0v) is 9.44. The molecule has 0 aliphatic carbocycles. The van der Waals surface area contributed by atoms with Crippen LogP contribution in [0.2, 0.25) is 0 Å². The molecular formula is C11H16FNO3. The molecule has 1 aromatic rings. The normalized spacial score (nSPS) is 12.5. The van der Waals surface area contributed by atoms with Gasteiger partial charge in [0.15, 0.2) is 5.82 Å². The summed E-state index contributed by atoms with van der Waals surface area (Å²) < 4.78 is 24.0. The third-order valence-electron chi connectivity index (χ3n) is 1.98. The van der Waals surface area contributed by atoms with E-state index in [1.807, 2.05) is 6.92 Å². The smallest absolute Gasteiger partial charge is 0.251 e. The van der Waals surface area contributed by atoms with Gasteiger partial charge in [-0.1, -0.05) is 0 Å². The molecule has 4 nitrogen and oxygen atoms in total. The monoisotopic (exact) mass is 229 g/mol. The first-order valence-electron chi connectivity index (χ1n) is 5.17. The molecule has 5 heteroatoms. The van der Waals surface area contributed by atoms with Gasteiger partial charge in [-0.2, -0.15) is 0 Å². The van der Waals surface area contributed by atoms with Crippen molar-refractivity contribution in [2.45, 2.75) is 26.6 Å². The van der Waals surface area contributed by atoms with E-state index in [-0.39, 0.29) is 24.2 Å². The summed E-state index contributed by atoms with van der Waals surface area (Å²) in [7, 11) is 0. The molecule has 1 heterocycles. The summed E-state index contributed by atoms with van der Waals surface area (Å²) >= 11 is 0. The predicted molar refractivity (Wildman–Crippen MR) is 56.7 cm³/mol. The predicted octanol–water partition coefficient (Wildman–Crippen LogP) is 1.52. The van der Waals surface area contributed by atoms with Crippen molar-refractivity contribution in [1.29, 1.82) is 0 Å². The van der Waals surface area contributed by atoms with Gasteiger partial charge in [0.25, 0.3) is 5.88 Å². The van der Waals surface area contributed by atoms with Gasteiger partial charge in [-0.25, -0.2) is 9.37 Å². The molecule has 0 aliphatic heterocycles. The van der Waals surface area contributed by atoms with Crippen LogP contribution in [0.5, 0.6) is 5.88 Å². The Bertz CT molecular complexity index is 333. The summed E-state index contributed by atoms with van der Waals surface area (Å²) in [6.45, 7) is 4.23. The van der Waals surface area contributed by atoms with Crippen molar-refractivity contribution < 1.29 is 19.0 Å². The van der Waals surface area contributed by atoms with E-state index in [1.165, 1.54) is 12.3 Å². The number of ether oxygens (including phenoxy) is 2. The fraction of sp³-hybridized carbons (Fsp3) is 0.545. The quantitative estimate of drug-likeness (QED) is 0.803. The summed E-state index contributed by atoms with van der Waals surface area (Å²) in [4.78, 5) is 3.77. The molecule has 1 rings (SSSR count). The van der Waals surface area contributed by atoms with Gasteiger partial charge in [-0.05, 0) is 19.9 Å².